The quantitative estimate of drug-likeness (QED) is 0.258. The molecule has 1 saturated heterocycles. The summed E-state index contributed by atoms with van der Waals surface area (Å²) in [5.41, 5.74) is 6.69. The first-order valence-electron chi connectivity index (χ1n) is 16.0. The summed E-state index contributed by atoms with van der Waals surface area (Å²) in [7, 11) is 0. The Morgan fingerprint density at radius 2 is 1.85 bits per heavy atom. The number of benzene rings is 1. The second-order valence-corrected chi connectivity index (χ2v) is 12.2. The summed E-state index contributed by atoms with van der Waals surface area (Å²) >= 11 is 0. The molecule has 1 aliphatic heterocycles. The number of ketones is 1. The lowest BCUT2D eigenvalue weighted by atomic mass is 9.80. The number of carbonyl (C=O) groups is 1. The van der Waals surface area contributed by atoms with Gasteiger partial charge >= 0.3 is 0 Å². The molecule has 1 aromatic heterocycles. The molecule has 1 atom stereocenters. The Morgan fingerprint density at radius 3 is 2.70 bits per heavy atom. The summed E-state index contributed by atoms with van der Waals surface area (Å²) in [6, 6.07) is 9.24. The number of hydrogen-bond acceptors (Lipinski definition) is 5. The molecule has 2 aliphatic carbocycles. The molecule has 2 heterocycles. The van der Waals surface area contributed by atoms with Gasteiger partial charge in [0, 0.05) is 18.4 Å². The SMILES string of the molecule is O=C(CCCCC1COCCO1)CCCc1cccc(C2CCCC(Cc3ncnc4c3C=CCC4)CCC2)c1. The number of ether oxygens (including phenoxy) is 2. The van der Waals surface area contributed by atoms with Crippen molar-refractivity contribution in [3.8, 4) is 0 Å². The maximum absolute atomic E-state index is 12.4. The smallest absolute Gasteiger partial charge is 0.132 e. The summed E-state index contributed by atoms with van der Waals surface area (Å²) in [5, 5.41) is 0. The normalized spacial score (nSPS) is 23.2. The number of Topliss-reactive ketones (excluding diaryl/α,β-unsaturated/α-hetero) is 1. The molecule has 5 heteroatoms. The molecule has 0 radical (unpaired) electrons. The van der Waals surface area contributed by atoms with Crippen molar-refractivity contribution in [2.24, 2.45) is 5.92 Å². The largest absolute Gasteiger partial charge is 0.376 e. The highest BCUT2D eigenvalue weighted by Crippen LogP contribution is 2.35. The zero-order valence-corrected chi connectivity index (χ0v) is 24.3. The molecule has 0 spiro atoms. The molecular weight excluding hydrogens is 496 g/mol. The van der Waals surface area contributed by atoms with Crippen LogP contribution in [0.15, 0.2) is 36.7 Å². The number of nitrogens with zero attached hydrogens (tertiary/aromatic N) is 2. The monoisotopic (exact) mass is 544 g/mol. The van der Waals surface area contributed by atoms with Crippen molar-refractivity contribution < 1.29 is 14.3 Å². The molecule has 5 rings (SSSR count). The molecular formula is C35H48N2O3. The Labute approximate surface area is 241 Å². The second kappa shape index (κ2) is 15.6. The predicted octanol–water partition coefficient (Wildman–Crippen LogP) is 7.60. The molecule has 1 aromatic carbocycles. The van der Waals surface area contributed by atoms with Crippen molar-refractivity contribution in [2.75, 3.05) is 19.8 Å². The average molecular weight is 545 g/mol. The fourth-order valence-corrected chi connectivity index (χ4v) is 6.87. The van der Waals surface area contributed by atoms with Gasteiger partial charge in [-0.3, -0.25) is 4.79 Å². The fourth-order valence-electron chi connectivity index (χ4n) is 6.87. The van der Waals surface area contributed by atoms with Crippen LogP contribution in [0.25, 0.3) is 6.08 Å². The van der Waals surface area contributed by atoms with Crippen LogP contribution in [0.3, 0.4) is 0 Å². The lowest BCUT2D eigenvalue weighted by molar-refractivity contribution is -0.119. The molecule has 216 valence electrons. The van der Waals surface area contributed by atoms with Crippen molar-refractivity contribution in [1.82, 2.24) is 9.97 Å². The average Bonchev–Trinajstić information content (AvgIpc) is 2.97. The number of rotatable bonds is 12. The minimum absolute atomic E-state index is 0.225. The third-order valence-corrected chi connectivity index (χ3v) is 9.15. The lowest BCUT2D eigenvalue weighted by Gasteiger charge is -2.26. The van der Waals surface area contributed by atoms with Crippen LogP contribution in [-0.2, 0) is 33.5 Å². The first-order chi connectivity index (χ1) is 19.7. The van der Waals surface area contributed by atoms with Crippen LogP contribution in [0.2, 0.25) is 0 Å². The molecule has 0 N–H and O–H groups in total. The Kier molecular flexibility index (Phi) is 11.3. The van der Waals surface area contributed by atoms with Crippen LogP contribution in [-0.4, -0.2) is 41.7 Å². The topological polar surface area (TPSA) is 61.3 Å². The van der Waals surface area contributed by atoms with E-state index >= 15 is 0 Å². The number of fused-ring (bicyclic) bond motifs is 1. The van der Waals surface area contributed by atoms with Gasteiger partial charge < -0.3 is 9.47 Å². The van der Waals surface area contributed by atoms with Gasteiger partial charge in [-0.1, -0.05) is 68.5 Å². The maximum Gasteiger partial charge on any atom is 0.132 e. The van der Waals surface area contributed by atoms with E-state index in [1.165, 1.54) is 66.6 Å². The van der Waals surface area contributed by atoms with E-state index in [9.17, 15) is 4.79 Å². The van der Waals surface area contributed by atoms with Crippen LogP contribution < -0.4 is 0 Å². The van der Waals surface area contributed by atoms with E-state index in [0.717, 1.165) is 57.3 Å². The maximum atomic E-state index is 12.4. The van der Waals surface area contributed by atoms with E-state index in [0.29, 0.717) is 44.4 Å². The zero-order valence-electron chi connectivity index (χ0n) is 24.3. The number of unbranched alkanes of at least 4 members (excludes halogenated alkanes) is 1. The Bertz CT molecular complexity index is 1100. The molecule has 5 nitrogen and oxygen atoms in total. The molecule has 0 amide bonds. The summed E-state index contributed by atoms with van der Waals surface area (Å²) in [4.78, 5) is 21.6. The minimum atomic E-state index is 0.225. The van der Waals surface area contributed by atoms with E-state index in [-0.39, 0.29) is 6.10 Å². The second-order valence-electron chi connectivity index (χ2n) is 12.2. The van der Waals surface area contributed by atoms with Crippen molar-refractivity contribution >= 4 is 11.9 Å². The van der Waals surface area contributed by atoms with Gasteiger partial charge in [0.2, 0.25) is 0 Å². The van der Waals surface area contributed by atoms with Gasteiger partial charge in [-0.2, -0.15) is 0 Å². The van der Waals surface area contributed by atoms with E-state index in [2.05, 4.69) is 41.4 Å². The molecule has 0 bridgehead atoms. The van der Waals surface area contributed by atoms with Gasteiger partial charge in [0.25, 0.3) is 0 Å². The highest BCUT2D eigenvalue weighted by atomic mass is 16.6. The van der Waals surface area contributed by atoms with Crippen LogP contribution in [0.1, 0.15) is 117 Å². The first kappa shape index (κ1) is 29.1. The number of carbonyl (C=O) groups excluding carboxylic acids is 1. The van der Waals surface area contributed by atoms with Gasteiger partial charge in [-0.25, -0.2) is 9.97 Å². The number of aromatic nitrogens is 2. The Morgan fingerprint density at radius 1 is 0.975 bits per heavy atom. The lowest BCUT2D eigenvalue weighted by Crippen LogP contribution is -2.28. The number of hydrogen-bond donors (Lipinski definition) is 0. The van der Waals surface area contributed by atoms with Crippen molar-refractivity contribution in [1.29, 1.82) is 0 Å². The van der Waals surface area contributed by atoms with Gasteiger partial charge in [0.05, 0.1) is 37.3 Å². The highest BCUT2D eigenvalue weighted by Gasteiger charge is 2.21. The van der Waals surface area contributed by atoms with E-state index in [4.69, 9.17) is 14.5 Å². The number of allylic oxidation sites excluding steroid dienone is 1. The van der Waals surface area contributed by atoms with Gasteiger partial charge in [-0.05, 0) is 80.8 Å². The van der Waals surface area contributed by atoms with Crippen molar-refractivity contribution in [2.45, 2.75) is 115 Å². The highest BCUT2D eigenvalue weighted by molar-refractivity contribution is 5.78. The van der Waals surface area contributed by atoms with Gasteiger partial charge in [-0.15, -0.1) is 0 Å². The zero-order chi connectivity index (χ0) is 27.4. The van der Waals surface area contributed by atoms with Gasteiger partial charge in [0.15, 0.2) is 0 Å². The summed E-state index contributed by atoms with van der Waals surface area (Å²) in [6.45, 7) is 2.12. The van der Waals surface area contributed by atoms with E-state index in [1.54, 1.807) is 6.33 Å². The third kappa shape index (κ3) is 8.81. The van der Waals surface area contributed by atoms with Crippen LogP contribution >= 0.6 is 0 Å². The molecule has 2 fully saturated rings. The van der Waals surface area contributed by atoms with Crippen molar-refractivity contribution in [3.05, 3.63) is 64.7 Å². The molecule has 2 aromatic rings. The molecule has 3 aliphatic rings. The predicted molar refractivity (Wildman–Crippen MR) is 160 cm³/mol. The van der Waals surface area contributed by atoms with Crippen LogP contribution in [0.5, 0.6) is 0 Å². The summed E-state index contributed by atoms with van der Waals surface area (Å²) < 4.78 is 11.1. The molecule has 1 saturated carbocycles. The fraction of sp³-hybridized carbons (Fsp3) is 0.629. The summed E-state index contributed by atoms with van der Waals surface area (Å²) in [6.07, 6.45) is 23.9. The van der Waals surface area contributed by atoms with E-state index in [1.807, 2.05) is 0 Å². The molecule has 1 unspecified atom stereocenters. The van der Waals surface area contributed by atoms with Crippen molar-refractivity contribution in [3.63, 3.8) is 0 Å². The van der Waals surface area contributed by atoms with E-state index < -0.39 is 0 Å². The molecule has 40 heavy (non-hydrogen) atoms. The number of aryl methyl sites for hydroxylation is 2. The van der Waals surface area contributed by atoms with Crippen LogP contribution in [0, 0.1) is 5.92 Å². The Hall–Kier alpha value is -2.37. The van der Waals surface area contributed by atoms with Gasteiger partial charge in [0.1, 0.15) is 12.1 Å². The minimum Gasteiger partial charge on any atom is -0.376 e. The Balaban J connectivity index is 1.02. The first-order valence-corrected chi connectivity index (χ1v) is 16.0. The third-order valence-electron chi connectivity index (χ3n) is 9.15. The van der Waals surface area contributed by atoms with Crippen LogP contribution in [0.4, 0.5) is 0 Å². The summed E-state index contributed by atoms with van der Waals surface area (Å²) in [5.74, 6) is 1.80. The standard InChI is InChI=1S/C35H48N2O3/c38-31(16-1-2-18-32-25-39-21-22-40-32)17-8-12-27-9-7-15-30(23-27)29-13-5-10-28(11-6-14-29)24-35-33-19-3-4-20-34(33)36-26-37-35/h3,7,9,15,19,23,26,28-29,32H,1-2,4-6,8,10-14,16-18,20-22,24-25H2.